The van der Waals surface area contributed by atoms with Crippen molar-refractivity contribution in [2.24, 2.45) is 0 Å². The second-order valence-corrected chi connectivity index (χ2v) is 17.7. The van der Waals surface area contributed by atoms with Crippen LogP contribution in [0.15, 0.2) is 12.1 Å². The number of aromatic nitrogens is 1. The number of aliphatic hydroxyl groups excluding tert-OH is 1. The largest absolute Gasteiger partial charge is 0.459 e. The lowest BCUT2D eigenvalue weighted by Gasteiger charge is -2.27. The summed E-state index contributed by atoms with van der Waals surface area (Å²) in [5.41, 5.74) is -1.16. The van der Waals surface area contributed by atoms with Crippen LogP contribution in [0.4, 0.5) is 0 Å². The quantitative estimate of drug-likeness (QED) is 0.0669. The van der Waals surface area contributed by atoms with E-state index in [9.17, 15) is 19.2 Å². The van der Waals surface area contributed by atoms with Gasteiger partial charge in [-0.15, -0.1) is 0 Å². The Kier molecular flexibility index (Phi) is 20.4. The Labute approximate surface area is 325 Å². The molecule has 12 nitrogen and oxygen atoms in total. The maximum Gasteiger partial charge on any atom is 0.320 e. The first-order valence-corrected chi connectivity index (χ1v) is 19.2. The summed E-state index contributed by atoms with van der Waals surface area (Å²) in [6.07, 6.45) is 7.99. The number of unbranched alkanes of at least 4 members (excludes halogenated alkanes) is 7. The third kappa shape index (κ3) is 26.3. The van der Waals surface area contributed by atoms with Crippen molar-refractivity contribution in [3.8, 4) is 11.8 Å². The molecule has 0 aliphatic carbocycles. The van der Waals surface area contributed by atoms with Crippen molar-refractivity contribution in [2.75, 3.05) is 32.8 Å². The fraction of sp³-hybridized carbons (Fsp3) is 0.738. The summed E-state index contributed by atoms with van der Waals surface area (Å²) in [6.45, 7) is 21.0. The predicted molar refractivity (Wildman–Crippen MR) is 209 cm³/mol. The molecule has 0 aromatic carbocycles. The second-order valence-electron chi connectivity index (χ2n) is 17.7. The number of hydrogen-bond donors (Lipinski definition) is 1. The Bertz CT molecular complexity index is 1260. The number of carbonyl (C=O) groups excluding carboxylic acids is 4. The van der Waals surface area contributed by atoms with Crippen LogP contribution in [-0.4, -0.2) is 99.0 Å². The van der Waals surface area contributed by atoms with Gasteiger partial charge in [0.2, 0.25) is 0 Å². The lowest BCUT2D eigenvalue weighted by atomic mass is 10.1. The van der Waals surface area contributed by atoms with Crippen molar-refractivity contribution in [1.29, 1.82) is 0 Å². The summed E-state index contributed by atoms with van der Waals surface area (Å²) in [5, 5.41) is 8.97. The summed E-state index contributed by atoms with van der Waals surface area (Å²) in [7, 11) is 0. The van der Waals surface area contributed by atoms with E-state index in [1.165, 1.54) is 0 Å². The molecule has 0 aliphatic heterocycles. The number of aliphatic hydroxyl groups is 1. The average molecular weight is 760 g/mol. The number of esters is 4. The minimum atomic E-state index is -0.721. The molecule has 1 heterocycles. The Morgan fingerprint density at radius 2 is 0.870 bits per heavy atom. The molecular formula is C42H69N3O9. The van der Waals surface area contributed by atoms with Gasteiger partial charge in [0.05, 0.1) is 37.6 Å². The monoisotopic (exact) mass is 760 g/mol. The minimum Gasteiger partial charge on any atom is -0.459 e. The molecule has 0 saturated heterocycles. The standard InChI is InChI=1S/C42H69N3O9/c1-39(2,3)51-35(47)28-44(29-36(48)52-40(4,5)6)26-33-24-32(22-20-18-16-14-13-15-17-19-21-23-46)25-34(43-33)27-45(30-37(49)53-41(7,8)9)31-38(50)54-42(10,11)12/h24-25,46H,13-19,21,23,26-31H2,1-12H3. The van der Waals surface area contributed by atoms with Gasteiger partial charge in [-0.3, -0.25) is 34.0 Å². The molecule has 0 amide bonds. The van der Waals surface area contributed by atoms with E-state index in [4.69, 9.17) is 29.0 Å². The summed E-state index contributed by atoms with van der Waals surface area (Å²) < 4.78 is 22.3. The molecule has 54 heavy (non-hydrogen) atoms. The van der Waals surface area contributed by atoms with Crippen LogP contribution in [0.25, 0.3) is 0 Å². The number of carbonyl (C=O) groups is 4. The zero-order valence-electron chi connectivity index (χ0n) is 35.3. The molecule has 0 aliphatic rings. The van der Waals surface area contributed by atoms with Crippen molar-refractivity contribution in [3.05, 3.63) is 29.1 Å². The van der Waals surface area contributed by atoms with Crippen LogP contribution in [0.3, 0.4) is 0 Å². The molecule has 0 atom stereocenters. The predicted octanol–water partition coefficient (Wildman–Crippen LogP) is 6.52. The van der Waals surface area contributed by atoms with Gasteiger partial charge in [0, 0.05) is 31.7 Å². The minimum absolute atomic E-state index is 0.0927. The van der Waals surface area contributed by atoms with Gasteiger partial charge in [-0.1, -0.05) is 43.9 Å². The van der Waals surface area contributed by atoms with Crippen LogP contribution in [0.1, 0.15) is 151 Å². The van der Waals surface area contributed by atoms with Gasteiger partial charge < -0.3 is 24.1 Å². The molecule has 1 rings (SSSR count). The topological polar surface area (TPSA) is 145 Å². The number of ether oxygens (including phenoxy) is 4. The molecule has 1 aromatic rings. The van der Waals surface area contributed by atoms with E-state index >= 15 is 0 Å². The van der Waals surface area contributed by atoms with E-state index in [0.29, 0.717) is 23.4 Å². The van der Waals surface area contributed by atoms with Crippen LogP contribution < -0.4 is 0 Å². The molecule has 0 radical (unpaired) electrons. The van der Waals surface area contributed by atoms with Crippen molar-refractivity contribution < 1.29 is 43.2 Å². The Morgan fingerprint density at radius 1 is 0.556 bits per heavy atom. The van der Waals surface area contributed by atoms with E-state index in [-0.39, 0.29) is 45.9 Å². The van der Waals surface area contributed by atoms with Crippen molar-refractivity contribution in [2.45, 2.75) is 170 Å². The normalized spacial score (nSPS) is 12.3. The van der Waals surface area contributed by atoms with Gasteiger partial charge >= 0.3 is 23.9 Å². The fourth-order valence-electron chi connectivity index (χ4n) is 5.28. The highest BCUT2D eigenvalue weighted by molar-refractivity contribution is 5.76. The maximum atomic E-state index is 13.0. The smallest absolute Gasteiger partial charge is 0.320 e. The number of nitrogens with zero attached hydrogens (tertiary/aromatic N) is 3. The number of rotatable bonds is 20. The molecule has 1 aromatic heterocycles. The van der Waals surface area contributed by atoms with Gasteiger partial charge in [0.1, 0.15) is 22.4 Å². The summed E-state index contributed by atoms with van der Waals surface area (Å²) in [6, 6.07) is 3.64. The average Bonchev–Trinajstić information content (AvgIpc) is 2.93. The Balaban J connectivity index is 3.49. The van der Waals surface area contributed by atoms with Crippen LogP contribution in [-0.2, 0) is 51.2 Å². The molecule has 306 valence electrons. The Hall–Kier alpha value is -3.53. The highest BCUT2D eigenvalue weighted by atomic mass is 16.6. The van der Waals surface area contributed by atoms with Crippen molar-refractivity contribution >= 4 is 23.9 Å². The second kappa shape index (κ2) is 22.8. The SMILES string of the molecule is CC(C)(C)OC(=O)CN(CC(=O)OC(C)(C)C)Cc1cc(C#CCCCCCCCCCO)cc(CN(CC(=O)OC(C)(C)C)CC(=O)OC(C)(C)C)n1. The van der Waals surface area contributed by atoms with Crippen LogP contribution in [0, 0.1) is 11.8 Å². The summed E-state index contributed by atoms with van der Waals surface area (Å²) in [4.78, 5) is 59.9. The van der Waals surface area contributed by atoms with Crippen LogP contribution in [0.5, 0.6) is 0 Å². The van der Waals surface area contributed by atoms with Crippen molar-refractivity contribution in [1.82, 2.24) is 14.8 Å². The summed E-state index contributed by atoms with van der Waals surface area (Å²) in [5.74, 6) is 4.52. The first kappa shape index (κ1) is 48.5. The molecule has 0 bridgehead atoms. The molecule has 1 N–H and O–H groups in total. The molecular weight excluding hydrogens is 690 g/mol. The van der Waals surface area contributed by atoms with E-state index in [1.54, 1.807) is 92.9 Å². The fourth-order valence-corrected chi connectivity index (χ4v) is 5.28. The first-order valence-electron chi connectivity index (χ1n) is 19.2. The van der Waals surface area contributed by atoms with Gasteiger partial charge in [-0.25, -0.2) is 0 Å². The van der Waals surface area contributed by atoms with E-state index in [2.05, 4.69) is 11.8 Å². The van der Waals surface area contributed by atoms with E-state index < -0.39 is 46.3 Å². The molecule has 0 fully saturated rings. The summed E-state index contributed by atoms with van der Waals surface area (Å²) >= 11 is 0. The van der Waals surface area contributed by atoms with E-state index in [0.717, 1.165) is 44.9 Å². The first-order chi connectivity index (χ1) is 24.8. The Morgan fingerprint density at radius 3 is 1.19 bits per heavy atom. The molecule has 0 unspecified atom stereocenters. The van der Waals surface area contributed by atoms with Gasteiger partial charge in [0.15, 0.2) is 0 Å². The zero-order chi connectivity index (χ0) is 41.2. The zero-order valence-corrected chi connectivity index (χ0v) is 35.3. The van der Waals surface area contributed by atoms with E-state index in [1.807, 2.05) is 12.1 Å². The van der Waals surface area contributed by atoms with Gasteiger partial charge in [-0.2, -0.15) is 0 Å². The van der Waals surface area contributed by atoms with Crippen LogP contribution >= 0.6 is 0 Å². The maximum absolute atomic E-state index is 13.0. The highest BCUT2D eigenvalue weighted by Gasteiger charge is 2.26. The molecule has 0 saturated carbocycles. The van der Waals surface area contributed by atoms with Crippen LogP contribution in [0.2, 0.25) is 0 Å². The number of hydrogen-bond acceptors (Lipinski definition) is 12. The molecule has 0 spiro atoms. The lowest BCUT2D eigenvalue weighted by Crippen LogP contribution is -2.40. The highest BCUT2D eigenvalue weighted by Crippen LogP contribution is 2.16. The van der Waals surface area contributed by atoms with Gasteiger partial charge in [0.25, 0.3) is 0 Å². The van der Waals surface area contributed by atoms with Gasteiger partial charge in [-0.05, 0) is 108 Å². The third-order valence-electron chi connectivity index (χ3n) is 6.99. The molecule has 12 heteroatoms. The third-order valence-corrected chi connectivity index (χ3v) is 6.99. The van der Waals surface area contributed by atoms with Crippen molar-refractivity contribution in [3.63, 3.8) is 0 Å². The lowest BCUT2D eigenvalue weighted by molar-refractivity contribution is -0.162. The number of pyridine rings is 1.